The first-order valence-corrected chi connectivity index (χ1v) is 10.9. The molecule has 0 unspecified atom stereocenters. The molecule has 0 N–H and O–H groups in total. The lowest BCUT2D eigenvalue weighted by molar-refractivity contribution is -0.127. The minimum absolute atomic E-state index is 0.111. The maximum atomic E-state index is 12.8. The van der Waals surface area contributed by atoms with Crippen molar-refractivity contribution < 1.29 is 18.0 Å². The van der Waals surface area contributed by atoms with Gasteiger partial charge in [-0.2, -0.15) is 4.31 Å². The molecule has 0 atom stereocenters. The van der Waals surface area contributed by atoms with Crippen LogP contribution in [0.3, 0.4) is 0 Å². The average Bonchev–Trinajstić information content (AvgIpc) is 2.73. The van der Waals surface area contributed by atoms with Gasteiger partial charge in [-0.15, -0.1) is 0 Å². The number of aryl methyl sites for hydroxylation is 1. The number of benzene rings is 2. The van der Waals surface area contributed by atoms with Crippen LogP contribution in [-0.2, 0) is 14.8 Å². The van der Waals surface area contributed by atoms with Crippen molar-refractivity contribution in [2.45, 2.75) is 18.7 Å². The lowest BCUT2D eigenvalue weighted by Crippen LogP contribution is -2.50. The summed E-state index contributed by atoms with van der Waals surface area (Å²) in [5, 5.41) is 0. The second kappa shape index (κ2) is 8.71. The zero-order valence-corrected chi connectivity index (χ0v) is 17.4. The lowest BCUT2D eigenvalue weighted by atomic mass is 10.1. The fourth-order valence-electron chi connectivity index (χ4n) is 3.20. The molecule has 0 aliphatic carbocycles. The Morgan fingerprint density at radius 2 is 1.55 bits per heavy atom. The Balaban J connectivity index is 1.62. The SMILES string of the molecule is CC(=O)c1ccc(S(=O)(=O)N2CCN(C(=O)/C=C/c3ccccc3C)CC2)cc1. The molecule has 6 nitrogen and oxygen atoms in total. The summed E-state index contributed by atoms with van der Waals surface area (Å²) in [6.07, 6.45) is 3.32. The van der Waals surface area contributed by atoms with Crippen molar-refractivity contribution in [1.82, 2.24) is 9.21 Å². The van der Waals surface area contributed by atoms with Gasteiger partial charge in [-0.05, 0) is 43.2 Å². The van der Waals surface area contributed by atoms with Crippen LogP contribution in [0, 0.1) is 6.92 Å². The Labute approximate surface area is 171 Å². The van der Waals surface area contributed by atoms with Gasteiger partial charge in [0.25, 0.3) is 0 Å². The number of hydrogen-bond acceptors (Lipinski definition) is 4. The van der Waals surface area contributed by atoms with Crippen molar-refractivity contribution >= 4 is 27.8 Å². The summed E-state index contributed by atoms with van der Waals surface area (Å²) in [7, 11) is -3.65. The maximum absolute atomic E-state index is 12.8. The van der Waals surface area contributed by atoms with E-state index < -0.39 is 10.0 Å². The van der Waals surface area contributed by atoms with Gasteiger partial charge in [0.05, 0.1) is 4.90 Å². The minimum Gasteiger partial charge on any atom is -0.337 e. The number of hydrogen-bond donors (Lipinski definition) is 0. The number of piperazine rings is 1. The highest BCUT2D eigenvalue weighted by Gasteiger charge is 2.29. The smallest absolute Gasteiger partial charge is 0.246 e. The molecule has 0 aromatic heterocycles. The van der Waals surface area contributed by atoms with Crippen molar-refractivity contribution in [2.75, 3.05) is 26.2 Å². The Kier molecular flexibility index (Phi) is 6.30. The number of carbonyl (C=O) groups is 2. The summed E-state index contributed by atoms with van der Waals surface area (Å²) in [5.41, 5.74) is 2.54. The second-order valence-corrected chi connectivity index (χ2v) is 8.94. The Morgan fingerprint density at radius 3 is 2.14 bits per heavy atom. The predicted octanol–water partition coefficient (Wildman–Crippen LogP) is 2.74. The van der Waals surface area contributed by atoms with Crippen molar-refractivity contribution in [3.8, 4) is 0 Å². The van der Waals surface area contributed by atoms with E-state index in [4.69, 9.17) is 0 Å². The summed E-state index contributed by atoms with van der Waals surface area (Å²) in [6.45, 7) is 4.56. The van der Waals surface area contributed by atoms with Crippen LogP contribution in [0.15, 0.2) is 59.5 Å². The lowest BCUT2D eigenvalue weighted by Gasteiger charge is -2.33. The minimum atomic E-state index is -3.65. The highest BCUT2D eigenvalue weighted by atomic mass is 32.2. The molecule has 0 radical (unpaired) electrons. The standard InChI is InChI=1S/C22H24N2O4S/c1-17-5-3-4-6-19(17)9-12-22(26)23-13-15-24(16-14-23)29(27,28)21-10-7-20(8-11-21)18(2)25/h3-12H,13-16H2,1-2H3/b12-9+. The van der Waals surface area contributed by atoms with Crippen LogP contribution < -0.4 is 0 Å². The molecule has 3 rings (SSSR count). The first-order chi connectivity index (χ1) is 13.8. The first kappa shape index (κ1) is 21.0. The van der Waals surface area contributed by atoms with Crippen molar-refractivity contribution in [1.29, 1.82) is 0 Å². The highest BCUT2D eigenvalue weighted by Crippen LogP contribution is 2.19. The van der Waals surface area contributed by atoms with E-state index in [1.807, 2.05) is 31.2 Å². The molecular formula is C22H24N2O4S. The molecule has 7 heteroatoms. The van der Waals surface area contributed by atoms with E-state index in [1.165, 1.54) is 41.6 Å². The average molecular weight is 413 g/mol. The fraction of sp³-hybridized carbons (Fsp3) is 0.273. The quantitative estimate of drug-likeness (QED) is 0.559. The molecule has 1 saturated heterocycles. The topological polar surface area (TPSA) is 74.8 Å². The van der Waals surface area contributed by atoms with Crippen LogP contribution in [-0.4, -0.2) is 55.5 Å². The Morgan fingerprint density at radius 1 is 0.931 bits per heavy atom. The number of rotatable bonds is 5. The van der Waals surface area contributed by atoms with Crippen molar-refractivity contribution in [2.24, 2.45) is 0 Å². The van der Waals surface area contributed by atoms with E-state index in [2.05, 4.69) is 0 Å². The number of Topliss-reactive ketones (excluding diaryl/α,β-unsaturated/α-hetero) is 1. The van der Waals surface area contributed by atoms with E-state index in [1.54, 1.807) is 11.0 Å². The van der Waals surface area contributed by atoms with Crippen molar-refractivity contribution in [3.05, 3.63) is 71.3 Å². The van der Waals surface area contributed by atoms with Gasteiger partial charge in [0.1, 0.15) is 0 Å². The van der Waals surface area contributed by atoms with E-state index >= 15 is 0 Å². The number of amides is 1. The Hall–Kier alpha value is -2.77. The molecule has 1 aliphatic heterocycles. The third kappa shape index (κ3) is 4.81. The summed E-state index contributed by atoms with van der Waals surface area (Å²) in [6, 6.07) is 13.7. The molecule has 29 heavy (non-hydrogen) atoms. The van der Waals surface area contributed by atoms with Gasteiger partial charge in [0.2, 0.25) is 15.9 Å². The van der Waals surface area contributed by atoms with E-state index in [0.29, 0.717) is 18.7 Å². The van der Waals surface area contributed by atoms with Gasteiger partial charge >= 0.3 is 0 Å². The third-order valence-corrected chi connectivity index (χ3v) is 6.96. The van der Waals surface area contributed by atoms with Gasteiger partial charge in [-0.25, -0.2) is 8.42 Å². The molecule has 0 saturated carbocycles. The summed E-state index contributed by atoms with van der Waals surface area (Å²) >= 11 is 0. The van der Waals surface area contributed by atoms with Crippen LogP contribution in [0.25, 0.3) is 6.08 Å². The molecular weight excluding hydrogens is 388 g/mol. The summed E-state index contributed by atoms with van der Waals surface area (Å²) < 4.78 is 27.0. The monoisotopic (exact) mass is 412 g/mol. The van der Waals surface area contributed by atoms with E-state index in [-0.39, 0.29) is 29.7 Å². The van der Waals surface area contributed by atoms with Gasteiger partial charge in [-0.3, -0.25) is 9.59 Å². The number of ketones is 1. The summed E-state index contributed by atoms with van der Waals surface area (Å²) in [4.78, 5) is 25.6. The maximum Gasteiger partial charge on any atom is 0.246 e. The van der Waals surface area contributed by atoms with Crippen LogP contribution >= 0.6 is 0 Å². The van der Waals surface area contributed by atoms with Gasteiger partial charge < -0.3 is 4.90 Å². The zero-order valence-electron chi connectivity index (χ0n) is 16.5. The Bertz CT molecular complexity index is 1030. The van der Waals surface area contributed by atoms with Crippen LogP contribution in [0.5, 0.6) is 0 Å². The molecule has 0 bridgehead atoms. The normalized spacial score (nSPS) is 15.6. The molecule has 1 aliphatic rings. The largest absolute Gasteiger partial charge is 0.337 e. The molecule has 152 valence electrons. The summed E-state index contributed by atoms with van der Waals surface area (Å²) in [5.74, 6) is -0.240. The number of carbonyl (C=O) groups excluding carboxylic acids is 2. The highest BCUT2D eigenvalue weighted by molar-refractivity contribution is 7.89. The zero-order chi connectivity index (χ0) is 21.0. The van der Waals surface area contributed by atoms with Crippen LogP contribution in [0.4, 0.5) is 0 Å². The fourth-order valence-corrected chi connectivity index (χ4v) is 4.62. The molecule has 2 aromatic carbocycles. The second-order valence-electron chi connectivity index (χ2n) is 7.00. The van der Waals surface area contributed by atoms with Crippen LogP contribution in [0.1, 0.15) is 28.4 Å². The third-order valence-electron chi connectivity index (χ3n) is 5.04. The molecule has 0 spiro atoms. The van der Waals surface area contributed by atoms with E-state index in [9.17, 15) is 18.0 Å². The van der Waals surface area contributed by atoms with Crippen LogP contribution in [0.2, 0.25) is 0 Å². The molecule has 1 amide bonds. The number of nitrogens with zero attached hydrogens (tertiary/aromatic N) is 2. The van der Waals surface area contributed by atoms with Gasteiger partial charge in [-0.1, -0.05) is 36.4 Å². The van der Waals surface area contributed by atoms with Crippen molar-refractivity contribution in [3.63, 3.8) is 0 Å². The van der Waals surface area contributed by atoms with E-state index in [0.717, 1.165) is 11.1 Å². The van der Waals surface area contributed by atoms with Gasteiger partial charge in [0.15, 0.2) is 5.78 Å². The molecule has 1 heterocycles. The number of sulfonamides is 1. The predicted molar refractivity (Wildman–Crippen MR) is 112 cm³/mol. The molecule has 2 aromatic rings. The van der Waals surface area contributed by atoms with Gasteiger partial charge in [0, 0.05) is 37.8 Å². The first-order valence-electron chi connectivity index (χ1n) is 9.43. The molecule has 1 fully saturated rings.